The normalized spacial score (nSPS) is 21.0. The number of terminal acetylenes is 1. The first kappa shape index (κ1) is 10.1. The van der Waals surface area contributed by atoms with Gasteiger partial charge in [0, 0.05) is 6.42 Å². The highest BCUT2D eigenvalue weighted by molar-refractivity contribution is 5.76. The van der Waals surface area contributed by atoms with E-state index < -0.39 is 0 Å². The summed E-state index contributed by atoms with van der Waals surface area (Å²) in [6, 6.07) is 0. The van der Waals surface area contributed by atoms with Crippen molar-refractivity contribution in [2.24, 2.45) is 5.92 Å². The van der Waals surface area contributed by atoms with Crippen molar-refractivity contribution in [1.82, 2.24) is 10.6 Å². The van der Waals surface area contributed by atoms with E-state index in [-0.39, 0.29) is 5.91 Å². The molecule has 1 aliphatic rings. The molecular weight excluding hydrogens is 164 g/mol. The third-order valence-electron chi connectivity index (χ3n) is 2.33. The lowest BCUT2D eigenvalue weighted by atomic mass is 10.0. The van der Waals surface area contributed by atoms with Crippen molar-refractivity contribution in [3.05, 3.63) is 0 Å². The topological polar surface area (TPSA) is 41.1 Å². The van der Waals surface area contributed by atoms with Crippen molar-refractivity contribution in [2.75, 3.05) is 19.6 Å². The van der Waals surface area contributed by atoms with E-state index in [1.165, 1.54) is 6.42 Å². The van der Waals surface area contributed by atoms with Crippen LogP contribution in [0, 0.1) is 18.3 Å². The molecule has 0 aromatic carbocycles. The van der Waals surface area contributed by atoms with Crippen LogP contribution in [0.5, 0.6) is 0 Å². The molecule has 1 unspecified atom stereocenters. The first-order valence-corrected chi connectivity index (χ1v) is 4.74. The lowest BCUT2D eigenvalue weighted by Crippen LogP contribution is -2.24. The van der Waals surface area contributed by atoms with Gasteiger partial charge < -0.3 is 10.6 Å². The zero-order valence-corrected chi connectivity index (χ0v) is 7.81. The van der Waals surface area contributed by atoms with Crippen molar-refractivity contribution in [2.45, 2.75) is 19.3 Å². The zero-order valence-electron chi connectivity index (χ0n) is 7.81. The summed E-state index contributed by atoms with van der Waals surface area (Å²) < 4.78 is 0. The van der Waals surface area contributed by atoms with Gasteiger partial charge in [0.1, 0.15) is 0 Å². The summed E-state index contributed by atoms with van der Waals surface area (Å²) in [5, 5.41) is 5.94. The Kier molecular flexibility index (Phi) is 4.34. The molecule has 1 fully saturated rings. The Morgan fingerprint density at radius 1 is 1.69 bits per heavy atom. The predicted octanol–water partition coefficient (Wildman–Crippen LogP) is 0.126. The molecule has 1 heterocycles. The van der Waals surface area contributed by atoms with Crippen LogP contribution in [0.1, 0.15) is 19.3 Å². The first-order chi connectivity index (χ1) is 6.33. The van der Waals surface area contributed by atoms with Crippen LogP contribution in [-0.4, -0.2) is 25.5 Å². The first-order valence-electron chi connectivity index (χ1n) is 4.74. The van der Waals surface area contributed by atoms with Crippen LogP contribution in [0.3, 0.4) is 0 Å². The Balaban J connectivity index is 2.04. The number of nitrogens with one attached hydrogen (secondary N) is 2. The van der Waals surface area contributed by atoms with Crippen LogP contribution >= 0.6 is 0 Å². The Morgan fingerprint density at radius 3 is 3.15 bits per heavy atom. The van der Waals surface area contributed by atoms with Crippen LogP contribution < -0.4 is 10.6 Å². The van der Waals surface area contributed by atoms with E-state index >= 15 is 0 Å². The van der Waals surface area contributed by atoms with Gasteiger partial charge in [-0.25, -0.2) is 0 Å². The summed E-state index contributed by atoms with van der Waals surface area (Å²) in [6.45, 7) is 2.50. The zero-order chi connectivity index (χ0) is 9.52. The lowest BCUT2D eigenvalue weighted by Gasteiger charge is -2.06. The maximum Gasteiger partial charge on any atom is 0.220 e. The average molecular weight is 180 g/mol. The second-order valence-corrected chi connectivity index (χ2v) is 3.38. The van der Waals surface area contributed by atoms with Crippen molar-refractivity contribution in [3.8, 4) is 12.3 Å². The van der Waals surface area contributed by atoms with Crippen molar-refractivity contribution in [3.63, 3.8) is 0 Å². The minimum atomic E-state index is 0.0739. The van der Waals surface area contributed by atoms with E-state index in [1.807, 2.05) is 0 Å². The van der Waals surface area contributed by atoms with E-state index in [9.17, 15) is 4.79 Å². The highest BCUT2D eigenvalue weighted by Gasteiger charge is 2.15. The molecule has 3 nitrogen and oxygen atoms in total. The number of hydrogen-bond acceptors (Lipinski definition) is 2. The maximum atomic E-state index is 11.1. The Hall–Kier alpha value is -1.01. The minimum absolute atomic E-state index is 0.0739. The molecule has 0 spiro atoms. The molecule has 0 aromatic heterocycles. The number of rotatable bonds is 4. The quantitative estimate of drug-likeness (QED) is 0.604. The molecule has 1 atom stereocenters. The van der Waals surface area contributed by atoms with Crippen LogP contribution in [0.15, 0.2) is 0 Å². The smallest absolute Gasteiger partial charge is 0.220 e. The summed E-state index contributed by atoms with van der Waals surface area (Å²) in [5.74, 6) is 3.13. The van der Waals surface area contributed by atoms with Crippen LogP contribution in [-0.2, 0) is 4.79 Å². The van der Waals surface area contributed by atoms with E-state index in [4.69, 9.17) is 6.42 Å². The number of carbonyl (C=O) groups is 1. The van der Waals surface area contributed by atoms with Gasteiger partial charge in [0.25, 0.3) is 0 Å². The SMILES string of the molecule is C#CCNC(=O)CCC1CCNC1. The predicted molar refractivity (Wildman–Crippen MR) is 52.1 cm³/mol. The third-order valence-corrected chi connectivity index (χ3v) is 2.33. The Labute approximate surface area is 79.3 Å². The number of carbonyl (C=O) groups excluding carboxylic acids is 1. The number of amides is 1. The largest absolute Gasteiger partial charge is 0.345 e. The molecule has 2 N–H and O–H groups in total. The lowest BCUT2D eigenvalue weighted by molar-refractivity contribution is -0.121. The highest BCUT2D eigenvalue weighted by atomic mass is 16.1. The summed E-state index contributed by atoms with van der Waals surface area (Å²) >= 11 is 0. The molecule has 0 aromatic rings. The average Bonchev–Trinajstić information content (AvgIpc) is 2.64. The van der Waals surface area contributed by atoms with Gasteiger partial charge >= 0.3 is 0 Å². The van der Waals surface area contributed by atoms with Crippen LogP contribution in [0.25, 0.3) is 0 Å². The van der Waals surface area contributed by atoms with Gasteiger partial charge in [-0.1, -0.05) is 5.92 Å². The molecule has 0 aliphatic carbocycles. The third kappa shape index (κ3) is 3.95. The van der Waals surface area contributed by atoms with Gasteiger partial charge in [0.15, 0.2) is 0 Å². The van der Waals surface area contributed by atoms with Crippen LogP contribution in [0.2, 0.25) is 0 Å². The summed E-state index contributed by atoms with van der Waals surface area (Å²) in [4.78, 5) is 11.1. The molecule has 1 rings (SSSR count). The molecule has 1 amide bonds. The van der Waals surface area contributed by atoms with Crippen LogP contribution in [0.4, 0.5) is 0 Å². The fourth-order valence-electron chi connectivity index (χ4n) is 1.53. The maximum absolute atomic E-state index is 11.1. The van der Waals surface area contributed by atoms with E-state index in [0.29, 0.717) is 18.9 Å². The van der Waals surface area contributed by atoms with Crippen molar-refractivity contribution < 1.29 is 4.79 Å². The summed E-state index contributed by atoms with van der Waals surface area (Å²) in [7, 11) is 0. The minimum Gasteiger partial charge on any atom is -0.345 e. The standard InChI is InChI=1S/C10H16N2O/c1-2-6-12-10(13)4-3-9-5-7-11-8-9/h1,9,11H,3-8H2,(H,12,13). The molecule has 0 saturated carbocycles. The number of hydrogen-bond donors (Lipinski definition) is 2. The van der Waals surface area contributed by atoms with Gasteiger partial charge in [-0.05, 0) is 31.8 Å². The summed E-state index contributed by atoms with van der Waals surface area (Å²) in [6.07, 6.45) is 7.80. The molecule has 72 valence electrons. The van der Waals surface area contributed by atoms with Gasteiger partial charge in [0.2, 0.25) is 5.91 Å². The fraction of sp³-hybridized carbons (Fsp3) is 0.700. The fourth-order valence-corrected chi connectivity index (χ4v) is 1.53. The Morgan fingerprint density at radius 2 is 2.54 bits per heavy atom. The monoisotopic (exact) mass is 180 g/mol. The van der Waals surface area contributed by atoms with Gasteiger partial charge in [-0.3, -0.25) is 4.79 Å². The molecule has 0 radical (unpaired) electrons. The molecule has 1 saturated heterocycles. The molecular formula is C10H16N2O. The van der Waals surface area contributed by atoms with Crippen molar-refractivity contribution in [1.29, 1.82) is 0 Å². The highest BCUT2D eigenvalue weighted by Crippen LogP contribution is 2.13. The van der Waals surface area contributed by atoms with Gasteiger partial charge in [-0.15, -0.1) is 6.42 Å². The van der Waals surface area contributed by atoms with E-state index in [1.54, 1.807) is 0 Å². The molecule has 0 bridgehead atoms. The summed E-state index contributed by atoms with van der Waals surface area (Å²) in [5.41, 5.74) is 0. The van der Waals surface area contributed by atoms with E-state index in [0.717, 1.165) is 19.5 Å². The molecule has 13 heavy (non-hydrogen) atoms. The second kappa shape index (κ2) is 5.60. The molecule has 3 heteroatoms. The van der Waals surface area contributed by atoms with Gasteiger partial charge in [0.05, 0.1) is 6.54 Å². The van der Waals surface area contributed by atoms with Gasteiger partial charge in [-0.2, -0.15) is 0 Å². The van der Waals surface area contributed by atoms with E-state index in [2.05, 4.69) is 16.6 Å². The Bertz CT molecular complexity index is 201. The molecule has 1 aliphatic heterocycles. The van der Waals surface area contributed by atoms with Crippen molar-refractivity contribution >= 4 is 5.91 Å². The second-order valence-electron chi connectivity index (χ2n) is 3.38.